The number of anilines is 1. The van der Waals surface area contributed by atoms with E-state index >= 15 is 0 Å². The van der Waals surface area contributed by atoms with E-state index in [-0.39, 0.29) is 18.5 Å². The lowest BCUT2D eigenvalue weighted by atomic mass is 10.00. The van der Waals surface area contributed by atoms with Crippen molar-refractivity contribution in [2.24, 2.45) is 0 Å². The van der Waals surface area contributed by atoms with Gasteiger partial charge in [-0.25, -0.2) is 0 Å². The van der Waals surface area contributed by atoms with Crippen molar-refractivity contribution in [3.63, 3.8) is 0 Å². The van der Waals surface area contributed by atoms with Crippen molar-refractivity contribution in [3.8, 4) is 0 Å². The lowest BCUT2D eigenvalue weighted by molar-refractivity contribution is -0.115. The fourth-order valence-electron chi connectivity index (χ4n) is 2.83. The van der Waals surface area contributed by atoms with Crippen LogP contribution in [0.4, 0.5) is 5.69 Å². The fraction of sp³-hybridized carbons (Fsp3) is 0.150. The van der Waals surface area contributed by atoms with Crippen LogP contribution in [0.3, 0.4) is 0 Å². The zero-order chi connectivity index (χ0) is 18.7. The molecule has 0 aliphatic heterocycles. The summed E-state index contributed by atoms with van der Waals surface area (Å²) >= 11 is 18.1. The predicted molar refractivity (Wildman–Crippen MR) is 110 cm³/mol. The molecule has 0 aromatic heterocycles. The normalized spacial score (nSPS) is 12.2. The minimum Gasteiger partial charge on any atom is -0.322 e. The van der Waals surface area contributed by atoms with Gasteiger partial charge in [0.25, 0.3) is 0 Å². The number of nitrogens with one attached hydrogen (secondary N) is 2. The highest BCUT2D eigenvalue weighted by atomic mass is 35.5. The van der Waals surface area contributed by atoms with Gasteiger partial charge < -0.3 is 10.6 Å². The maximum absolute atomic E-state index is 12.3. The summed E-state index contributed by atoms with van der Waals surface area (Å²) < 4.78 is 0. The second-order valence-electron chi connectivity index (χ2n) is 5.96. The Hall–Kier alpha value is -1.78. The highest BCUT2D eigenvalue weighted by Gasteiger charge is 2.14. The van der Waals surface area contributed by atoms with Crippen LogP contribution in [0.15, 0.2) is 54.6 Å². The Morgan fingerprint density at radius 3 is 2.38 bits per heavy atom. The summed E-state index contributed by atoms with van der Waals surface area (Å²) in [6.07, 6.45) is 0. The van der Waals surface area contributed by atoms with E-state index < -0.39 is 0 Å². The Bertz CT molecular complexity index is 930. The van der Waals surface area contributed by atoms with Crippen LogP contribution < -0.4 is 10.6 Å². The molecule has 0 bridgehead atoms. The molecule has 0 saturated heterocycles. The van der Waals surface area contributed by atoms with E-state index in [1.807, 2.05) is 25.1 Å². The van der Waals surface area contributed by atoms with Crippen molar-refractivity contribution in [2.75, 3.05) is 11.9 Å². The van der Waals surface area contributed by atoms with Crippen molar-refractivity contribution in [1.29, 1.82) is 0 Å². The number of hydrogen-bond donors (Lipinski definition) is 2. The van der Waals surface area contributed by atoms with Gasteiger partial charge in [0, 0.05) is 11.1 Å². The van der Waals surface area contributed by atoms with E-state index in [1.54, 1.807) is 0 Å². The van der Waals surface area contributed by atoms with Crippen molar-refractivity contribution in [3.05, 3.63) is 75.2 Å². The second-order valence-corrected chi connectivity index (χ2v) is 7.21. The number of amides is 1. The maximum atomic E-state index is 12.3. The SMILES string of the molecule is C[C@H](NCC(=O)Nc1c(Cl)cc(Cl)cc1Cl)c1cccc2ccccc12. The smallest absolute Gasteiger partial charge is 0.238 e. The van der Waals surface area contributed by atoms with Gasteiger partial charge in [-0.15, -0.1) is 0 Å². The van der Waals surface area contributed by atoms with Crippen LogP contribution in [-0.4, -0.2) is 12.5 Å². The molecule has 0 aliphatic rings. The number of carbonyl (C=O) groups is 1. The Morgan fingerprint density at radius 1 is 1.00 bits per heavy atom. The number of halogens is 3. The van der Waals surface area contributed by atoms with Crippen LogP contribution in [-0.2, 0) is 4.79 Å². The summed E-state index contributed by atoms with van der Waals surface area (Å²) in [5, 5.41) is 9.32. The third-order valence-electron chi connectivity index (χ3n) is 4.13. The van der Waals surface area contributed by atoms with Crippen molar-refractivity contribution in [1.82, 2.24) is 5.32 Å². The van der Waals surface area contributed by atoms with Crippen molar-refractivity contribution < 1.29 is 4.79 Å². The van der Waals surface area contributed by atoms with E-state index in [2.05, 4.69) is 34.9 Å². The first-order valence-electron chi connectivity index (χ1n) is 8.11. The van der Waals surface area contributed by atoms with Gasteiger partial charge in [0.2, 0.25) is 5.91 Å². The Kier molecular flexibility index (Phi) is 6.05. The lowest BCUT2D eigenvalue weighted by Crippen LogP contribution is -2.30. The van der Waals surface area contributed by atoms with E-state index in [0.29, 0.717) is 20.8 Å². The molecule has 0 heterocycles. The predicted octanol–water partition coefficient (Wildman–Crippen LogP) is 6.09. The molecule has 26 heavy (non-hydrogen) atoms. The second kappa shape index (κ2) is 8.28. The molecule has 2 N–H and O–H groups in total. The molecular formula is C20H17Cl3N2O. The fourth-order valence-corrected chi connectivity index (χ4v) is 3.74. The zero-order valence-electron chi connectivity index (χ0n) is 14.0. The van der Waals surface area contributed by atoms with Gasteiger partial charge in [-0.2, -0.15) is 0 Å². The third-order valence-corrected chi connectivity index (χ3v) is 4.94. The molecule has 3 nitrogen and oxygen atoms in total. The number of fused-ring (bicyclic) bond motifs is 1. The van der Waals surface area contributed by atoms with Crippen LogP contribution in [0.1, 0.15) is 18.5 Å². The van der Waals surface area contributed by atoms with Crippen LogP contribution in [0.5, 0.6) is 0 Å². The van der Waals surface area contributed by atoms with Crippen molar-refractivity contribution >= 4 is 57.2 Å². The topological polar surface area (TPSA) is 41.1 Å². The first kappa shape index (κ1) is 19.0. The average molecular weight is 408 g/mol. The first-order chi connectivity index (χ1) is 12.5. The van der Waals surface area contributed by atoms with Crippen LogP contribution >= 0.6 is 34.8 Å². The van der Waals surface area contributed by atoms with Gasteiger partial charge >= 0.3 is 0 Å². The lowest BCUT2D eigenvalue weighted by Gasteiger charge is -2.17. The summed E-state index contributed by atoms with van der Waals surface area (Å²) in [6, 6.07) is 17.4. The molecule has 134 valence electrons. The van der Waals surface area contributed by atoms with Gasteiger partial charge in [0.15, 0.2) is 0 Å². The molecule has 3 aromatic rings. The molecule has 0 fully saturated rings. The van der Waals surface area contributed by atoms with E-state index in [9.17, 15) is 4.79 Å². The van der Waals surface area contributed by atoms with Crippen LogP contribution in [0.25, 0.3) is 10.8 Å². The summed E-state index contributed by atoms with van der Waals surface area (Å²) in [4.78, 5) is 12.3. The third kappa shape index (κ3) is 4.30. The summed E-state index contributed by atoms with van der Waals surface area (Å²) in [7, 11) is 0. The molecule has 3 aromatic carbocycles. The Labute approximate surface area is 167 Å². The number of hydrogen-bond acceptors (Lipinski definition) is 2. The maximum Gasteiger partial charge on any atom is 0.238 e. The quantitative estimate of drug-likeness (QED) is 0.537. The van der Waals surface area contributed by atoms with E-state index in [4.69, 9.17) is 34.8 Å². The molecule has 0 radical (unpaired) electrons. The number of rotatable bonds is 5. The number of carbonyl (C=O) groups excluding carboxylic acids is 1. The minimum atomic E-state index is -0.233. The summed E-state index contributed by atoms with van der Waals surface area (Å²) in [5.74, 6) is -0.233. The minimum absolute atomic E-state index is 0.00279. The van der Waals surface area contributed by atoms with Crippen molar-refractivity contribution in [2.45, 2.75) is 13.0 Å². The highest BCUT2D eigenvalue weighted by Crippen LogP contribution is 2.33. The molecule has 0 saturated carbocycles. The molecular weight excluding hydrogens is 391 g/mol. The number of benzene rings is 3. The van der Waals surface area contributed by atoms with Gasteiger partial charge in [-0.05, 0) is 35.4 Å². The van der Waals surface area contributed by atoms with E-state index in [0.717, 1.165) is 5.56 Å². The van der Waals surface area contributed by atoms with Gasteiger partial charge in [0.1, 0.15) is 0 Å². The molecule has 0 spiro atoms. The molecule has 1 amide bonds. The monoisotopic (exact) mass is 406 g/mol. The Balaban J connectivity index is 1.68. The largest absolute Gasteiger partial charge is 0.322 e. The molecule has 1 atom stereocenters. The van der Waals surface area contributed by atoms with E-state index in [1.165, 1.54) is 22.9 Å². The van der Waals surface area contributed by atoms with Crippen LogP contribution in [0.2, 0.25) is 15.1 Å². The van der Waals surface area contributed by atoms with Gasteiger partial charge in [-0.1, -0.05) is 77.3 Å². The Morgan fingerprint density at radius 2 is 1.65 bits per heavy atom. The first-order valence-corrected chi connectivity index (χ1v) is 9.24. The summed E-state index contributed by atoms with van der Waals surface area (Å²) in [6.45, 7) is 2.15. The standard InChI is InChI=1S/C20H17Cl3N2O/c1-12(15-8-4-6-13-5-2-3-7-16(13)15)24-11-19(26)25-20-17(22)9-14(21)10-18(20)23/h2-10,12,24H,11H2,1H3,(H,25,26)/t12-/m0/s1. The molecule has 0 aliphatic carbocycles. The van der Waals surface area contributed by atoms with Crippen LogP contribution in [0, 0.1) is 0 Å². The van der Waals surface area contributed by atoms with Gasteiger partial charge in [-0.3, -0.25) is 4.79 Å². The van der Waals surface area contributed by atoms with Gasteiger partial charge in [0.05, 0.1) is 22.3 Å². The molecule has 0 unspecified atom stereocenters. The zero-order valence-corrected chi connectivity index (χ0v) is 16.3. The average Bonchev–Trinajstić information content (AvgIpc) is 2.62. The highest BCUT2D eigenvalue weighted by molar-refractivity contribution is 6.42. The summed E-state index contributed by atoms with van der Waals surface area (Å²) in [5.41, 5.74) is 1.50. The molecule has 6 heteroatoms. The molecule has 3 rings (SSSR count).